The predicted molar refractivity (Wildman–Crippen MR) is 74.4 cm³/mol. The van der Waals surface area contributed by atoms with E-state index in [2.05, 4.69) is 19.9 Å². The van der Waals surface area contributed by atoms with E-state index in [1.807, 2.05) is 0 Å². The summed E-state index contributed by atoms with van der Waals surface area (Å²) < 4.78 is 1.63. The molecule has 0 amide bonds. The van der Waals surface area contributed by atoms with Crippen LogP contribution in [-0.2, 0) is 7.05 Å². The standard InChI is InChI=1S/C14H15N5O/c1-18-13(20)7-11(10-2-4-15-8-16-10)17-14(18)19-5-3-9-6-12(9)19/h2,4,7-9,12H,3,5-6H2,1H3/t9-,12?/m1/s1. The third-order valence-corrected chi connectivity index (χ3v) is 4.24. The van der Waals surface area contributed by atoms with Crippen LogP contribution in [0.5, 0.6) is 0 Å². The van der Waals surface area contributed by atoms with E-state index in [0.29, 0.717) is 17.4 Å². The van der Waals surface area contributed by atoms with E-state index < -0.39 is 0 Å². The number of aromatic nitrogens is 4. The predicted octanol–water partition coefficient (Wildman–Crippen LogP) is 0.836. The maximum absolute atomic E-state index is 12.2. The van der Waals surface area contributed by atoms with Crippen molar-refractivity contribution in [3.05, 3.63) is 35.0 Å². The molecular formula is C14H15N5O. The van der Waals surface area contributed by atoms with Crippen LogP contribution in [-0.4, -0.2) is 32.1 Å². The third kappa shape index (κ3) is 1.71. The van der Waals surface area contributed by atoms with Crippen LogP contribution in [0.25, 0.3) is 11.4 Å². The average molecular weight is 269 g/mol. The highest BCUT2D eigenvalue weighted by atomic mass is 16.1. The minimum atomic E-state index is -0.0484. The number of piperidine rings is 1. The second-order valence-electron chi connectivity index (χ2n) is 5.48. The highest BCUT2D eigenvalue weighted by Crippen LogP contribution is 2.45. The molecule has 4 rings (SSSR count). The molecule has 2 atom stereocenters. The first-order chi connectivity index (χ1) is 9.74. The van der Waals surface area contributed by atoms with E-state index in [9.17, 15) is 4.79 Å². The van der Waals surface area contributed by atoms with Crippen LogP contribution in [0.3, 0.4) is 0 Å². The molecule has 1 saturated carbocycles. The minimum absolute atomic E-state index is 0.0484. The van der Waals surface area contributed by atoms with Gasteiger partial charge in [0.1, 0.15) is 6.33 Å². The summed E-state index contributed by atoms with van der Waals surface area (Å²) in [5, 5.41) is 0. The van der Waals surface area contributed by atoms with Crippen molar-refractivity contribution in [3.8, 4) is 11.4 Å². The second-order valence-corrected chi connectivity index (χ2v) is 5.48. The average Bonchev–Trinajstić information content (AvgIpc) is 3.14. The lowest BCUT2D eigenvalue weighted by atomic mass is 10.3. The molecule has 2 aliphatic rings. The molecule has 102 valence electrons. The number of fused-ring (bicyclic) bond motifs is 1. The van der Waals surface area contributed by atoms with Gasteiger partial charge in [0.15, 0.2) is 0 Å². The van der Waals surface area contributed by atoms with Gasteiger partial charge < -0.3 is 4.90 Å². The number of hydrogen-bond acceptors (Lipinski definition) is 5. The molecule has 1 aliphatic carbocycles. The maximum Gasteiger partial charge on any atom is 0.255 e. The molecule has 20 heavy (non-hydrogen) atoms. The first kappa shape index (κ1) is 11.6. The fraction of sp³-hybridized carbons (Fsp3) is 0.429. The van der Waals surface area contributed by atoms with Crippen molar-refractivity contribution in [2.24, 2.45) is 13.0 Å². The van der Waals surface area contributed by atoms with Crippen LogP contribution in [0.2, 0.25) is 0 Å². The van der Waals surface area contributed by atoms with Crippen LogP contribution in [0.1, 0.15) is 12.8 Å². The minimum Gasteiger partial charge on any atom is -0.339 e. The van der Waals surface area contributed by atoms with Gasteiger partial charge in [-0.3, -0.25) is 9.36 Å². The lowest BCUT2D eigenvalue weighted by molar-refractivity contribution is 0.728. The molecule has 2 fully saturated rings. The van der Waals surface area contributed by atoms with E-state index in [1.54, 1.807) is 23.9 Å². The fourth-order valence-electron chi connectivity index (χ4n) is 3.00. The Kier molecular flexibility index (Phi) is 2.39. The molecule has 3 heterocycles. The normalized spacial score (nSPS) is 23.8. The summed E-state index contributed by atoms with van der Waals surface area (Å²) in [4.78, 5) is 27.2. The van der Waals surface area contributed by atoms with Crippen molar-refractivity contribution in [1.82, 2.24) is 19.5 Å². The Morgan fingerprint density at radius 1 is 1.35 bits per heavy atom. The molecule has 0 N–H and O–H groups in total. The van der Waals surface area contributed by atoms with E-state index >= 15 is 0 Å². The molecule has 0 radical (unpaired) electrons. The molecule has 2 aromatic heterocycles. The van der Waals surface area contributed by atoms with Gasteiger partial charge >= 0.3 is 0 Å². The van der Waals surface area contributed by atoms with Crippen molar-refractivity contribution in [2.75, 3.05) is 11.4 Å². The summed E-state index contributed by atoms with van der Waals surface area (Å²) >= 11 is 0. The highest BCUT2D eigenvalue weighted by Gasteiger charge is 2.48. The summed E-state index contributed by atoms with van der Waals surface area (Å²) in [6, 6.07) is 3.88. The quantitative estimate of drug-likeness (QED) is 0.808. The largest absolute Gasteiger partial charge is 0.339 e. The summed E-state index contributed by atoms with van der Waals surface area (Å²) in [6.07, 6.45) is 5.57. The third-order valence-electron chi connectivity index (χ3n) is 4.24. The van der Waals surface area contributed by atoms with Crippen LogP contribution in [0, 0.1) is 5.92 Å². The van der Waals surface area contributed by atoms with Crippen LogP contribution in [0.15, 0.2) is 29.5 Å². The molecule has 6 heteroatoms. The van der Waals surface area contributed by atoms with Gasteiger partial charge in [-0.1, -0.05) is 0 Å². The van der Waals surface area contributed by atoms with Gasteiger partial charge in [-0.2, -0.15) is 0 Å². The van der Waals surface area contributed by atoms with Crippen LogP contribution >= 0.6 is 0 Å². The Bertz CT molecular complexity index is 711. The first-order valence-corrected chi connectivity index (χ1v) is 6.85. The maximum atomic E-state index is 12.2. The van der Waals surface area contributed by atoms with E-state index in [-0.39, 0.29) is 5.56 Å². The second kappa shape index (κ2) is 4.13. The van der Waals surface area contributed by atoms with Crippen molar-refractivity contribution in [2.45, 2.75) is 18.9 Å². The Balaban J connectivity index is 1.82. The number of rotatable bonds is 2. The van der Waals surface area contributed by atoms with Gasteiger partial charge in [-0.25, -0.2) is 15.0 Å². The van der Waals surface area contributed by atoms with Gasteiger partial charge in [0, 0.05) is 31.9 Å². The van der Waals surface area contributed by atoms with Gasteiger partial charge in [0.25, 0.3) is 5.56 Å². The molecule has 1 aliphatic heterocycles. The molecule has 6 nitrogen and oxygen atoms in total. The van der Waals surface area contributed by atoms with Gasteiger partial charge in [0.05, 0.1) is 11.4 Å². The topological polar surface area (TPSA) is 63.9 Å². The van der Waals surface area contributed by atoms with Crippen LogP contribution in [0.4, 0.5) is 5.95 Å². The lowest BCUT2D eigenvalue weighted by Crippen LogP contribution is -2.31. The van der Waals surface area contributed by atoms with Crippen molar-refractivity contribution in [1.29, 1.82) is 0 Å². The zero-order chi connectivity index (χ0) is 13.7. The van der Waals surface area contributed by atoms with E-state index in [0.717, 1.165) is 18.4 Å². The fourth-order valence-corrected chi connectivity index (χ4v) is 3.00. The monoisotopic (exact) mass is 269 g/mol. The molecule has 0 aromatic carbocycles. The molecule has 0 spiro atoms. The van der Waals surface area contributed by atoms with Crippen LogP contribution < -0.4 is 10.5 Å². The highest BCUT2D eigenvalue weighted by molar-refractivity contribution is 5.55. The Hall–Kier alpha value is -2.24. The number of nitrogens with zero attached hydrogens (tertiary/aromatic N) is 5. The summed E-state index contributed by atoms with van der Waals surface area (Å²) in [6.45, 7) is 0.989. The Labute approximate surface area is 116 Å². The Morgan fingerprint density at radius 3 is 2.90 bits per heavy atom. The lowest BCUT2D eigenvalue weighted by Gasteiger charge is -2.22. The zero-order valence-electron chi connectivity index (χ0n) is 11.2. The number of anilines is 1. The molecule has 1 unspecified atom stereocenters. The summed E-state index contributed by atoms with van der Waals surface area (Å²) in [7, 11) is 1.78. The summed E-state index contributed by atoms with van der Waals surface area (Å²) in [5.74, 6) is 1.56. The van der Waals surface area contributed by atoms with Crippen molar-refractivity contribution in [3.63, 3.8) is 0 Å². The smallest absolute Gasteiger partial charge is 0.255 e. The zero-order valence-corrected chi connectivity index (χ0v) is 11.2. The van der Waals surface area contributed by atoms with Gasteiger partial charge in [0.2, 0.25) is 5.95 Å². The molecule has 0 bridgehead atoms. The molecular weight excluding hydrogens is 254 g/mol. The van der Waals surface area contributed by atoms with Crippen molar-refractivity contribution < 1.29 is 0 Å². The SMILES string of the molecule is Cn1c(N2CC[C@@H]3CC32)nc(-c2ccncn2)cc1=O. The molecule has 1 saturated heterocycles. The summed E-state index contributed by atoms with van der Waals surface area (Å²) in [5.41, 5.74) is 1.26. The molecule has 2 aromatic rings. The van der Waals surface area contributed by atoms with E-state index in [1.165, 1.54) is 25.2 Å². The van der Waals surface area contributed by atoms with Crippen molar-refractivity contribution >= 4 is 5.95 Å². The van der Waals surface area contributed by atoms with Gasteiger partial charge in [-0.15, -0.1) is 0 Å². The number of hydrogen-bond donors (Lipinski definition) is 0. The van der Waals surface area contributed by atoms with E-state index in [4.69, 9.17) is 0 Å². The Morgan fingerprint density at radius 2 is 2.25 bits per heavy atom. The van der Waals surface area contributed by atoms with Gasteiger partial charge in [-0.05, 0) is 24.8 Å². The first-order valence-electron chi connectivity index (χ1n) is 6.85.